The molecule has 0 bridgehead atoms. The standard InChI is InChI=1S/C18H18BrClN2O/c19-16-6-4-14(5-7-16)13-21-8-10-22(11-9-21)18(23)15-2-1-3-17(20)12-15/h1-7,12H,8-11,13H2. The van der Waals surface area contributed by atoms with Crippen LogP contribution in [-0.2, 0) is 6.54 Å². The summed E-state index contributed by atoms with van der Waals surface area (Å²) in [5, 5.41) is 0.602. The van der Waals surface area contributed by atoms with Crippen molar-refractivity contribution >= 4 is 33.4 Å². The molecule has 1 aliphatic heterocycles. The number of carbonyl (C=O) groups is 1. The van der Waals surface area contributed by atoms with E-state index in [-0.39, 0.29) is 5.91 Å². The summed E-state index contributed by atoms with van der Waals surface area (Å²) < 4.78 is 1.10. The van der Waals surface area contributed by atoms with Gasteiger partial charge in [-0.1, -0.05) is 45.7 Å². The van der Waals surface area contributed by atoms with Gasteiger partial charge >= 0.3 is 0 Å². The Kier molecular flexibility index (Phi) is 5.36. The second-order valence-corrected chi connectivity index (χ2v) is 7.06. The van der Waals surface area contributed by atoms with E-state index in [1.807, 2.05) is 17.0 Å². The average molecular weight is 394 g/mol. The molecule has 1 amide bonds. The molecule has 1 saturated heterocycles. The van der Waals surface area contributed by atoms with Crippen molar-refractivity contribution in [3.05, 3.63) is 69.2 Å². The largest absolute Gasteiger partial charge is 0.336 e. The van der Waals surface area contributed by atoms with Gasteiger partial charge in [0.05, 0.1) is 0 Å². The zero-order valence-electron chi connectivity index (χ0n) is 12.7. The molecule has 1 aliphatic rings. The number of halogens is 2. The number of carbonyl (C=O) groups excluding carboxylic acids is 1. The minimum atomic E-state index is 0.0655. The van der Waals surface area contributed by atoms with Crippen molar-refractivity contribution < 1.29 is 4.79 Å². The van der Waals surface area contributed by atoms with Gasteiger partial charge in [-0.15, -0.1) is 0 Å². The van der Waals surface area contributed by atoms with Crippen LogP contribution in [0.15, 0.2) is 53.0 Å². The van der Waals surface area contributed by atoms with Crippen molar-refractivity contribution in [1.82, 2.24) is 9.80 Å². The van der Waals surface area contributed by atoms with Crippen molar-refractivity contribution in [1.29, 1.82) is 0 Å². The highest BCUT2D eigenvalue weighted by Crippen LogP contribution is 2.16. The highest BCUT2D eigenvalue weighted by molar-refractivity contribution is 9.10. The van der Waals surface area contributed by atoms with Crippen LogP contribution in [0.5, 0.6) is 0 Å². The fourth-order valence-electron chi connectivity index (χ4n) is 2.76. The van der Waals surface area contributed by atoms with Crippen LogP contribution >= 0.6 is 27.5 Å². The summed E-state index contributed by atoms with van der Waals surface area (Å²) in [5.41, 5.74) is 1.96. The molecule has 5 heteroatoms. The molecule has 0 atom stereocenters. The Labute approximate surface area is 150 Å². The van der Waals surface area contributed by atoms with Gasteiger partial charge in [0.1, 0.15) is 0 Å². The smallest absolute Gasteiger partial charge is 0.253 e. The molecule has 2 aromatic carbocycles. The second kappa shape index (κ2) is 7.47. The molecule has 0 N–H and O–H groups in total. The van der Waals surface area contributed by atoms with Crippen LogP contribution in [0, 0.1) is 0 Å². The van der Waals surface area contributed by atoms with Gasteiger partial charge in [-0.2, -0.15) is 0 Å². The summed E-state index contributed by atoms with van der Waals surface area (Å²) in [6, 6.07) is 15.6. The van der Waals surface area contributed by atoms with Crippen LogP contribution in [0.4, 0.5) is 0 Å². The van der Waals surface area contributed by atoms with Crippen molar-refractivity contribution in [2.75, 3.05) is 26.2 Å². The maximum atomic E-state index is 12.5. The molecule has 0 unspecified atom stereocenters. The van der Waals surface area contributed by atoms with Crippen molar-refractivity contribution in [3.8, 4) is 0 Å². The first-order valence-electron chi connectivity index (χ1n) is 7.63. The molecule has 1 fully saturated rings. The third kappa shape index (κ3) is 4.34. The molecule has 0 saturated carbocycles. The molecule has 0 spiro atoms. The van der Waals surface area contributed by atoms with Crippen LogP contribution in [0.2, 0.25) is 5.02 Å². The van der Waals surface area contributed by atoms with Crippen molar-refractivity contribution in [2.24, 2.45) is 0 Å². The van der Waals surface area contributed by atoms with E-state index in [1.54, 1.807) is 12.1 Å². The summed E-state index contributed by atoms with van der Waals surface area (Å²) in [7, 11) is 0. The average Bonchev–Trinajstić information content (AvgIpc) is 2.57. The molecule has 3 nitrogen and oxygen atoms in total. The van der Waals surface area contributed by atoms with Crippen LogP contribution in [-0.4, -0.2) is 41.9 Å². The lowest BCUT2D eigenvalue weighted by Gasteiger charge is -2.34. The highest BCUT2D eigenvalue weighted by Gasteiger charge is 2.22. The normalized spacial score (nSPS) is 15.7. The Bertz CT molecular complexity index is 682. The van der Waals surface area contributed by atoms with E-state index >= 15 is 0 Å². The van der Waals surface area contributed by atoms with Gasteiger partial charge in [0.15, 0.2) is 0 Å². The third-order valence-electron chi connectivity index (χ3n) is 4.05. The quantitative estimate of drug-likeness (QED) is 0.785. The topological polar surface area (TPSA) is 23.6 Å². The summed E-state index contributed by atoms with van der Waals surface area (Å²) in [5.74, 6) is 0.0655. The van der Waals surface area contributed by atoms with E-state index in [9.17, 15) is 4.79 Å². The van der Waals surface area contributed by atoms with Gasteiger partial charge in [-0.25, -0.2) is 0 Å². The molecule has 0 aliphatic carbocycles. The lowest BCUT2D eigenvalue weighted by atomic mass is 10.1. The first-order valence-corrected chi connectivity index (χ1v) is 8.80. The lowest BCUT2D eigenvalue weighted by Crippen LogP contribution is -2.48. The van der Waals surface area contributed by atoms with E-state index in [0.29, 0.717) is 10.6 Å². The van der Waals surface area contributed by atoms with Gasteiger partial charge in [0, 0.05) is 47.8 Å². The van der Waals surface area contributed by atoms with Crippen LogP contribution in [0.25, 0.3) is 0 Å². The number of hydrogen-bond acceptors (Lipinski definition) is 2. The molecular weight excluding hydrogens is 376 g/mol. The van der Waals surface area contributed by atoms with Gasteiger partial charge in [0.25, 0.3) is 5.91 Å². The minimum absolute atomic E-state index is 0.0655. The van der Waals surface area contributed by atoms with Crippen LogP contribution in [0.3, 0.4) is 0 Å². The third-order valence-corrected chi connectivity index (χ3v) is 4.81. The van der Waals surface area contributed by atoms with E-state index in [1.165, 1.54) is 5.56 Å². The Morgan fingerprint density at radius 2 is 1.74 bits per heavy atom. The monoisotopic (exact) mass is 392 g/mol. The number of piperazine rings is 1. The molecule has 2 aromatic rings. The highest BCUT2D eigenvalue weighted by atomic mass is 79.9. The number of hydrogen-bond donors (Lipinski definition) is 0. The number of rotatable bonds is 3. The predicted molar refractivity (Wildman–Crippen MR) is 96.8 cm³/mol. The lowest BCUT2D eigenvalue weighted by molar-refractivity contribution is 0.0628. The first kappa shape index (κ1) is 16.5. The van der Waals surface area contributed by atoms with E-state index in [2.05, 4.69) is 45.1 Å². The van der Waals surface area contributed by atoms with E-state index in [4.69, 9.17) is 11.6 Å². The van der Waals surface area contributed by atoms with Crippen molar-refractivity contribution in [2.45, 2.75) is 6.54 Å². The van der Waals surface area contributed by atoms with Crippen molar-refractivity contribution in [3.63, 3.8) is 0 Å². The Balaban J connectivity index is 1.55. The molecule has 0 aromatic heterocycles. The van der Waals surface area contributed by atoms with E-state index in [0.717, 1.165) is 37.2 Å². The molecule has 120 valence electrons. The molecule has 1 heterocycles. The Morgan fingerprint density at radius 1 is 1.04 bits per heavy atom. The zero-order chi connectivity index (χ0) is 16.2. The maximum absolute atomic E-state index is 12.5. The number of nitrogens with zero attached hydrogens (tertiary/aromatic N) is 2. The second-order valence-electron chi connectivity index (χ2n) is 5.71. The molecular formula is C18H18BrClN2O. The molecule has 0 radical (unpaired) electrons. The Morgan fingerprint density at radius 3 is 2.39 bits per heavy atom. The summed E-state index contributed by atoms with van der Waals surface area (Å²) in [6.45, 7) is 4.21. The summed E-state index contributed by atoms with van der Waals surface area (Å²) in [4.78, 5) is 16.8. The predicted octanol–water partition coefficient (Wildman–Crippen LogP) is 4.06. The van der Waals surface area contributed by atoms with Gasteiger partial charge < -0.3 is 4.90 Å². The van der Waals surface area contributed by atoms with Crippen LogP contribution < -0.4 is 0 Å². The summed E-state index contributed by atoms with van der Waals surface area (Å²) >= 11 is 9.42. The van der Waals surface area contributed by atoms with Gasteiger partial charge in [-0.05, 0) is 35.9 Å². The number of benzene rings is 2. The van der Waals surface area contributed by atoms with Gasteiger partial charge in [0.2, 0.25) is 0 Å². The first-order chi connectivity index (χ1) is 11.1. The van der Waals surface area contributed by atoms with Crippen LogP contribution in [0.1, 0.15) is 15.9 Å². The summed E-state index contributed by atoms with van der Waals surface area (Å²) in [6.07, 6.45) is 0. The van der Waals surface area contributed by atoms with E-state index < -0.39 is 0 Å². The Hall–Kier alpha value is -1.36. The minimum Gasteiger partial charge on any atom is -0.336 e. The van der Waals surface area contributed by atoms with Gasteiger partial charge in [-0.3, -0.25) is 9.69 Å². The number of amides is 1. The fourth-order valence-corrected chi connectivity index (χ4v) is 3.22. The zero-order valence-corrected chi connectivity index (χ0v) is 15.1. The molecule has 3 rings (SSSR count). The maximum Gasteiger partial charge on any atom is 0.253 e. The SMILES string of the molecule is O=C(c1cccc(Cl)c1)N1CCN(Cc2ccc(Br)cc2)CC1. The fraction of sp³-hybridized carbons (Fsp3) is 0.278. The molecule has 23 heavy (non-hydrogen) atoms.